The highest BCUT2D eigenvalue weighted by Crippen LogP contribution is 2.11. The number of carbonyl (C=O) groups is 1. The number of hydrogen-bond acceptors (Lipinski definition) is 3. The van der Waals surface area contributed by atoms with Crippen LogP contribution in [0.1, 0.15) is 49.7 Å². The Bertz CT molecular complexity index is 387. The van der Waals surface area contributed by atoms with Crippen LogP contribution in [0.3, 0.4) is 0 Å². The number of carbonyl (C=O) groups excluding carboxylic acids is 1. The first-order valence-electron chi connectivity index (χ1n) is 6.33. The van der Waals surface area contributed by atoms with Crippen LogP contribution in [0.2, 0.25) is 0 Å². The van der Waals surface area contributed by atoms with E-state index in [4.69, 9.17) is 5.11 Å². The minimum absolute atomic E-state index is 0.0387. The van der Waals surface area contributed by atoms with Gasteiger partial charge < -0.3 is 10.4 Å². The van der Waals surface area contributed by atoms with Crippen molar-refractivity contribution in [3.8, 4) is 0 Å². The number of nitrogens with one attached hydrogen (secondary N) is 1. The second-order valence-corrected chi connectivity index (χ2v) is 5.05. The van der Waals surface area contributed by atoms with Crippen LogP contribution in [0.4, 0.5) is 0 Å². The third-order valence-electron chi connectivity index (χ3n) is 3.14. The van der Waals surface area contributed by atoms with Crippen LogP contribution in [-0.2, 0) is 0 Å². The maximum Gasteiger partial charge on any atom is 0.253 e. The first kappa shape index (κ1) is 14.6. The fourth-order valence-electron chi connectivity index (χ4n) is 1.47. The molecule has 1 amide bonds. The van der Waals surface area contributed by atoms with Gasteiger partial charge in [-0.15, -0.1) is 0 Å². The molecule has 4 heteroatoms. The van der Waals surface area contributed by atoms with Crippen LogP contribution in [0.25, 0.3) is 0 Å². The highest BCUT2D eigenvalue weighted by atomic mass is 16.3. The molecule has 1 aromatic rings. The van der Waals surface area contributed by atoms with E-state index in [1.807, 2.05) is 19.9 Å². The van der Waals surface area contributed by atoms with E-state index in [1.54, 1.807) is 12.3 Å². The molecule has 0 spiro atoms. The van der Waals surface area contributed by atoms with Gasteiger partial charge in [-0.05, 0) is 30.9 Å². The Morgan fingerprint density at radius 3 is 2.44 bits per heavy atom. The van der Waals surface area contributed by atoms with Crippen molar-refractivity contribution < 1.29 is 9.90 Å². The molecule has 0 aliphatic rings. The topological polar surface area (TPSA) is 62.2 Å². The van der Waals surface area contributed by atoms with Gasteiger partial charge in [0.15, 0.2) is 0 Å². The molecule has 0 aliphatic carbocycles. The predicted octanol–water partition coefficient (Wildman–Crippen LogP) is 1.95. The molecule has 0 saturated carbocycles. The van der Waals surface area contributed by atoms with Crippen molar-refractivity contribution in [3.63, 3.8) is 0 Å². The number of pyridine rings is 1. The molecular weight excluding hydrogens is 228 g/mol. The van der Waals surface area contributed by atoms with E-state index < -0.39 is 0 Å². The fourth-order valence-corrected chi connectivity index (χ4v) is 1.47. The Labute approximate surface area is 108 Å². The van der Waals surface area contributed by atoms with Crippen LogP contribution < -0.4 is 5.32 Å². The Morgan fingerprint density at radius 2 is 2.00 bits per heavy atom. The van der Waals surface area contributed by atoms with E-state index in [-0.39, 0.29) is 24.5 Å². The van der Waals surface area contributed by atoms with E-state index in [2.05, 4.69) is 24.1 Å². The Morgan fingerprint density at radius 1 is 1.33 bits per heavy atom. The number of nitrogens with zero attached hydrogens (tertiary/aromatic N) is 1. The minimum Gasteiger partial charge on any atom is -0.396 e. The molecule has 0 aliphatic heterocycles. The Hall–Kier alpha value is -1.42. The van der Waals surface area contributed by atoms with E-state index in [0.29, 0.717) is 11.5 Å². The highest BCUT2D eigenvalue weighted by molar-refractivity contribution is 5.94. The van der Waals surface area contributed by atoms with Gasteiger partial charge in [-0.1, -0.05) is 20.8 Å². The summed E-state index contributed by atoms with van der Waals surface area (Å²) in [5, 5.41) is 11.9. The van der Waals surface area contributed by atoms with Crippen LogP contribution >= 0.6 is 0 Å². The van der Waals surface area contributed by atoms with E-state index in [9.17, 15) is 4.79 Å². The zero-order chi connectivity index (χ0) is 13.7. The molecule has 0 bridgehead atoms. The summed E-state index contributed by atoms with van der Waals surface area (Å²) in [5.41, 5.74) is 1.53. The Kier molecular flexibility index (Phi) is 5.28. The zero-order valence-corrected chi connectivity index (χ0v) is 11.5. The van der Waals surface area contributed by atoms with Crippen LogP contribution in [0.5, 0.6) is 0 Å². The number of rotatable bonds is 5. The number of amides is 1. The van der Waals surface area contributed by atoms with Crippen molar-refractivity contribution in [3.05, 3.63) is 29.6 Å². The maximum absolute atomic E-state index is 11.9. The smallest absolute Gasteiger partial charge is 0.253 e. The van der Waals surface area contributed by atoms with Crippen molar-refractivity contribution in [2.45, 2.75) is 39.7 Å². The SMILES string of the molecule is CC(C)c1ccc(C(=O)NC(C)C(C)CO)cn1. The normalized spacial score (nSPS) is 14.3. The lowest BCUT2D eigenvalue weighted by Crippen LogP contribution is -2.38. The van der Waals surface area contributed by atoms with Crippen molar-refractivity contribution >= 4 is 5.91 Å². The second-order valence-electron chi connectivity index (χ2n) is 5.05. The molecule has 0 radical (unpaired) electrons. The van der Waals surface area contributed by atoms with Crippen LogP contribution in [0, 0.1) is 5.92 Å². The largest absolute Gasteiger partial charge is 0.396 e. The zero-order valence-electron chi connectivity index (χ0n) is 11.5. The molecule has 0 saturated heterocycles. The first-order chi connectivity index (χ1) is 8.45. The second kappa shape index (κ2) is 6.50. The lowest BCUT2D eigenvalue weighted by atomic mass is 10.0. The molecule has 1 heterocycles. The monoisotopic (exact) mass is 250 g/mol. The molecule has 100 valence electrons. The van der Waals surface area contributed by atoms with Gasteiger partial charge >= 0.3 is 0 Å². The third-order valence-corrected chi connectivity index (χ3v) is 3.14. The first-order valence-corrected chi connectivity index (χ1v) is 6.33. The molecule has 2 N–H and O–H groups in total. The molecule has 0 aromatic carbocycles. The van der Waals surface area contributed by atoms with Gasteiger partial charge in [0.25, 0.3) is 5.91 Å². The van der Waals surface area contributed by atoms with Gasteiger partial charge in [0.05, 0.1) is 5.56 Å². The number of aliphatic hydroxyl groups excluding tert-OH is 1. The Balaban J connectivity index is 2.67. The lowest BCUT2D eigenvalue weighted by molar-refractivity contribution is 0.0916. The van der Waals surface area contributed by atoms with E-state index in [0.717, 1.165) is 5.69 Å². The number of aromatic nitrogens is 1. The lowest BCUT2D eigenvalue weighted by Gasteiger charge is -2.19. The van der Waals surface area contributed by atoms with Gasteiger partial charge in [-0.3, -0.25) is 9.78 Å². The highest BCUT2D eigenvalue weighted by Gasteiger charge is 2.15. The number of aliphatic hydroxyl groups is 1. The summed E-state index contributed by atoms with van der Waals surface area (Å²) in [7, 11) is 0. The molecule has 1 aromatic heterocycles. The van der Waals surface area contributed by atoms with Gasteiger partial charge in [0, 0.05) is 24.5 Å². The van der Waals surface area contributed by atoms with E-state index in [1.165, 1.54) is 0 Å². The fraction of sp³-hybridized carbons (Fsp3) is 0.571. The van der Waals surface area contributed by atoms with Gasteiger partial charge in [-0.25, -0.2) is 0 Å². The van der Waals surface area contributed by atoms with Gasteiger partial charge in [0.2, 0.25) is 0 Å². The van der Waals surface area contributed by atoms with Gasteiger partial charge in [-0.2, -0.15) is 0 Å². The molecule has 2 unspecified atom stereocenters. The van der Waals surface area contributed by atoms with Crippen LogP contribution in [0.15, 0.2) is 18.3 Å². The summed E-state index contributed by atoms with van der Waals surface area (Å²) in [6, 6.07) is 3.60. The maximum atomic E-state index is 11.9. The summed E-state index contributed by atoms with van der Waals surface area (Å²) >= 11 is 0. The average Bonchev–Trinajstić information content (AvgIpc) is 2.37. The minimum atomic E-state index is -0.148. The summed E-state index contributed by atoms with van der Waals surface area (Å²) in [5.74, 6) is 0.248. The van der Waals surface area contributed by atoms with Crippen LogP contribution in [-0.4, -0.2) is 28.6 Å². The summed E-state index contributed by atoms with van der Waals surface area (Å²) in [6.07, 6.45) is 1.60. The van der Waals surface area contributed by atoms with Crippen molar-refractivity contribution in [2.75, 3.05) is 6.61 Å². The summed E-state index contributed by atoms with van der Waals surface area (Å²) in [6.45, 7) is 7.96. The molecule has 18 heavy (non-hydrogen) atoms. The third kappa shape index (κ3) is 3.81. The quantitative estimate of drug-likeness (QED) is 0.839. The standard InChI is InChI=1S/C14H22N2O2/c1-9(2)13-6-5-12(7-15-13)14(18)16-11(4)10(3)8-17/h5-7,9-11,17H,8H2,1-4H3,(H,16,18). The van der Waals surface area contributed by atoms with Crippen molar-refractivity contribution in [2.24, 2.45) is 5.92 Å². The molecule has 0 fully saturated rings. The number of hydrogen-bond donors (Lipinski definition) is 2. The van der Waals surface area contributed by atoms with Gasteiger partial charge in [0.1, 0.15) is 0 Å². The summed E-state index contributed by atoms with van der Waals surface area (Å²) in [4.78, 5) is 16.2. The predicted molar refractivity (Wildman–Crippen MR) is 71.5 cm³/mol. The average molecular weight is 250 g/mol. The van der Waals surface area contributed by atoms with Crippen molar-refractivity contribution in [1.82, 2.24) is 10.3 Å². The summed E-state index contributed by atoms with van der Waals surface area (Å²) < 4.78 is 0. The molecule has 2 atom stereocenters. The molecule has 4 nitrogen and oxygen atoms in total. The molecule has 1 rings (SSSR count). The van der Waals surface area contributed by atoms with Crippen molar-refractivity contribution in [1.29, 1.82) is 0 Å². The molecular formula is C14H22N2O2. The van der Waals surface area contributed by atoms with E-state index >= 15 is 0 Å².